The number of amides is 1. The van der Waals surface area contributed by atoms with E-state index in [1.807, 2.05) is 42.5 Å². The Balaban J connectivity index is 1.83. The highest BCUT2D eigenvalue weighted by molar-refractivity contribution is 7.80. The molecule has 1 aromatic heterocycles. The minimum absolute atomic E-state index is 0.148. The Kier molecular flexibility index (Phi) is 3.94. The van der Waals surface area contributed by atoms with Crippen molar-refractivity contribution in [1.82, 2.24) is 9.78 Å². The minimum atomic E-state index is -0.610. The summed E-state index contributed by atoms with van der Waals surface area (Å²) in [6, 6.07) is 13.9. The van der Waals surface area contributed by atoms with Crippen LogP contribution in [0.3, 0.4) is 0 Å². The third-order valence-electron chi connectivity index (χ3n) is 3.35. The van der Waals surface area contributed by atoms with Crippen molar-refractivity contribution in [3.05, 3.63) is 54.4 Å². The van der Waals surface area contributed by atoms with Gasteiger partial charge in [-0.3, -0.25) is 9.48 Å². The maximum Gasteiger partial charge on any atom is 0.271 e. The van der Waals surface area contributed by atoms with E-state index in [9.17, 15) is 4.79 Å². The van der Waals surface area contributed by atoms with Crippen molar-refractivity contribution in [1.29, 1.82) is 0 Å². The van der Waals surface area contributed by atoms with Crippen LogP contribution in [0.2, 0.25) is 0 Å². The molecule has 116 valence electrons. The van der Waals surface area contributed by atoms with Gasteiger partial charge in [0.1, 0.15) is 0 Å². The van der Waals surface area contributed by atoms with Gasteiger partial charge in [-0.2, -0.15) is 5.10 Å². The summed E-state index contributed by atoms with van der Waals surface area (Å²) in [6.45, 7) is 0. The highest BCUT2D eigenvalue weighted by Crippen LogP contribution is 2.23. The summed E-state index contributed by atoms with van der Waals surface area (Å²) in [6.07, 6.45) is 1.65. The van der Waals surface area contributed by atoms with Crippen molar-refractivity contribution in [3.63, 3.8) is 0 Å². The molecule has 2 aromatic carbocycles. The van der Waals surface area contributed by atoms with Crippen LogP contribution in [-0.2, 0) is 7.05 Å². The fourth-order valence-corrected chi connectivity index (χ4v) is 2.59. The first-order valence-electron chi connectivity index (χ1n) is 6.94. The zero-order valence-corrected chi connectivity index (χ0v) is 13.2. The molecule has 3 aromatic rings. The number of nitrogens with zero attached hydrogens (tertiary/aromatic N) is 2. The van der Waals surface area contributed by atoms with E-state index >= 15 is 0 Å². The van der Waals surface area contributed by atoms with Crippen molar-refractivity contribution in [2.45, 2.75) is 0 Å². The zero-order chi connectivity index (χ0) is 16.4. The Morgan fingerprint density at radius 3 is 2.61 bits per heavy atom. The molecule has 3 rings (SSSR count). The number of primary amides is 1. The maximum atomic E-state index is 11.4. The normalized spacial score (nSPS) is 10.5. The topological polar surface area (TPSA) is 85.0 Å². The molecule has 7 heteroatoms. The number of carbonyl (C=O) groups is 1. The highest BCUT2D eigenvalue weighted by Gasteiger charge is 2.14. The Labute approximate surface area is 138 Å². The number of carbonyl (C=O) groups excluding carboxylic acids is 1. The second-order valence-electron chi connectivity index (χ2n) is 5.04. The van der Waals surface area contributed by atoms with Gasteiger partial charge in [-0.05, 0) is 23.7 Å². The lowest BCUT2D eigenvalue weighted by molar-refractivity contribution is 0.0995. The molecule has 0 aliphatic rings. The van der Waals surface area contributed by atoms with E-state index in [0.29, 0.717) is 10.8 Å². The van der Waals surface area contributed by atoms with Crippen LogP contribution in [0.5, 0.6) is 0 Å². The van der Waals surface area contributed by atoms with Gasteiger partial charge >= 0.3 is 0 Å². The first kappa shape index (κ1) is 15.0. The summed E-state index contributed by atoms with van der Waals surface area (Å²) in [5.41, 5.74) is 6.81. The van der Waals surface area contributed by atoms with E-state index < -0.39 is 5.91 Å². The lowest BCUT2D eigenvalue weighted by atomic mass is 10.1. The third-order valence-corrected chi connectivity index (χ3v) is 3.55. The van der Waals surface area contributed by atoms with E-state index in [1.165, 1.54) is 4.68 Å². The lowest BCUT2D eigenvalue weighted by Gasteiger charge is -2.12. The van der Waals surface area contributed by atoms with E-state index in [-0.39, 0.29) is 5.69 Å². The molecule has 4 N–H and O–H groups in total. The molecule has 0 fully saturated rings. The molecule has 1 amide bonds. The van der Waals surface area contributed by atoms with Gasteiger partial charge in [0.2, 0.25) is 0 Å². The van der Waals surface area contributed by atoms with Gasteiger partial charge in [0, 0.05) is 24.3 Å². The molecule has 23 heavy (non-hydrogen) atoms. The van der Waals surface area contributed by atoms with E-state index in [4.69, 9.17) is 18.0 Å². The molecule has 0 radical (unpaired) electrons. The van der Waals surface area contributed by atoms with Crippen LogP contribution in [0.15, 0.2) is 48.7 Å². The molecule has 0 saturated carbocycles. The van der Waals surface area contributed by atoms with E-state index in [1.54, 1.807) is 13.2 Å². The number of hydrogen-bond acceptors (Lipinski definition) is 3. The number of aromatic nitrogens is 2. The first-order chi connectivity index (χ1) is 11.0. The quantitative estimate of drug-likeness (QED) is 0.644. The number of rotatable bonds is 3. The zero-order valence-electron chi connectivity index (χ0n) is 12.4. The van der Waals surface area contributed by atoms with Crippen LogP contribution in [-0.4, -0.2) is 20.8 Å². The maximum absolute atomic E-state index is 11.4. The van der Waals surface area contributed by atoms with Crippen molar-refractivity contribution >= 4 is 45.4 Å². The summed E-state index contributed by atoms with van der Waals surface area (Å²) in [5, 5.41) is 12.6. The highest BCUT2D eigenvalue weighted by atomic mass is 32.1. The molecule has 0 aliphatic heterocycles. The SMILES string of the molecule is Cn1cc(NC(=S)Nc2cccc3ccccc23)c(C(N)=O)n1. The predicted octanol–water partition coefficient (Wildman–Crippen LogP) is 2.48. The molecule has 0 atom stereocenters. The number of thiocarbonyl (C=S) groups is 1. The van der Waals surface area contributed by atoms with Crippen LogP contribution >= 0.6 is 12.2 Å². The lowest BCUT2D eigenvalue weighted by Crippen LogP contribution is -2.21. The number of benzene rings is 2. The molecule has 0 spiro atoms. The van der Waals surface area contributed by atoms with Crippen LogP contribution in [0.4, 0.5) is 11.4 Å². The number of anilines is 2. The van der Waals surface area contributed by atoms with Crippen LogP contribution in [0, 0.1) is 0 Å². The van der Waals surface area contributed by atoms with Crippen molar-refractivity contribution in [2.24, 2.45) is 12.8 Å². The third kappa shape index (κ3) is 3.14. The standard InChI is InChI=1S/C16H15N5OS/c1-21-9-13(14(20-21)15(17)22)19-16(23)18-12-8-4-6-10-5-2-3-7-11(10)12/h2-9H,1H3,(H2,17,22)(H2,18,19,23). The predicted molar refractivity (Wildman–Crippen MR) is 95.5 cm³/mol. The van der Waals surface area contributed by atoms with Gasteiger partial charge in [-0.15, -0.1) is 0 Å². The van der Waals surface area contributed by atoms with Gasteiger partial charge in [0.05, 0.1) is 5.69 Å². The fraction of sp³-hybridized carbons (Fsp3) is 0.0625. The molecule has 0 unspecified atom stereocenters. The van der Waals surface area contributed by atoms with Gasteiger partial charge in [-0.1, -0.05) is 36.4 Å². The number of nitrogens with one attached hydrogen (secondary N) is 2. The van der Waals surface area contributed by atoms with Crippen LogP contribution in [0.1, 0.15) is 10.5 Å². The average Bonchev–Trinajstić information content (AvgIpc) is 2.88. The van der Waals surface area contributed by atoms with Crippen molar-refractivity contribution in [2.75, 3.05) is 10.6 Å². The van der Waals surface area contributed by atoms with Gasteiger partial charge < -0.3 is 16.4 Å². The molecule has 0 saturated heterocycles. The Hall–Kier alpha value is -2.93. The summed E-state index contributed by atoms with van der Waals surface area (Å²) < 4.78 is 1.50. The molecule has 6 nitrogen and oxygen atoms in total. The largest absolute Gasteiger partial charge is 0.364 e. The fourth-order valence-electron chi connectivity index (χ4n) is 2.37. The monoisotopic (exact) mass is 325 g/mol. The molecular weight excluding hydrogens is 310 g/mol. The van der Waals surface area contributed by atoms with Crippen molar-refractivity contribution < 1.29 is 4.79 Å². The van der Waals surface area contributed by atoms with Gasteiger partial charge in [-0.25, -0.2) is 0 Å². The number of fused-ring (bicyclic) bond motifs is 1. The van der Waals surface area contributed by atoms with E-state index in [2.05, 4.69) is 15.7 Å². The second-order valence-corrected chi connectivity index (χ2v) is 5.44. The van der Waals surface area contributed by atoms with Gasteiger partial charge in [0.15, 0.2) is 10.8 Å². The summed E-state index contributed by atoms with van der Waals surface area (Å²) in [7, 11) is 1.71. The Bertz CT molecular complexity index is 897. The molecule has 0 bridgehead atoms. The number of hydrogen-bond donors (Lipinski definition) is 3. The van der Waals surface area contributed by atoms with Crippen LogP contribution < -0.4 is 16.4 Å². The average molecular weight is 325 g/mol. The number of aryl methyl sites for hydroxylation is 1. The molecular formula is C16H15N5OS. The minimum Gasteiger partial charge on any atom is -0.364 e. The smallest absolute Gasteiger partial charge is 0.271 e. The molecule has 1 heterocycles. The van der Waals surface area contributed by atoms with Crippen molar-refractivity contribution in [3.8, 4) is 0 Å². The summed E-state index contributed by atoms with van der Waals surface area (Å²) in [5.74, 6) is -0.610. The van der Waals surface area contributed by atoms with Crippen LogP contribution in [0.25, 0.3) is 10.8 Å². The summed E-state index contributed by atoms with van der Waals surface area (Å²) in [4.78, 5) is 11.4. The Morgan fingerprint density at radius 2 is 1.83 bits per heavy atom. The molecule has 0 aliphatic carbocycles. The Morgan fingerprint density at radius 1 is 1.13 bits per heavy atom. The first-order valence-corrected chi connectivity index (χ1v) is 7.34. The summed E-state index contributed by atoms with van der Waals surface area (Å²) >= 11 is 5.33. The number of nitrogens with two attached hydrogens (primary N) is 1. The second kappa shape index (κ2) is 6.05. The van der Waals surface area contributed by atoms with Gasteiger partial charge in [0.25, 0.3) is 5.91 Å². The van der Waals surface area contributed by atoms with E-state index in [0.717, 1.165) is 16.5 Å².